The fourth-order valence-corrected chi connectivity index (χ4v) is 3.49. The summed E-state index contributed by atoms with van der Waals surface area (Å²) in [5.74, 6) is -0.743. The van der Waals surface area contributed by atoms with Crippen LogP contribution in [-0.2, 0) is 12.7 Å². The van der Waals surface area contributed by atoms with Crippen LogP contribution < -0.4 is 5.32 Å². The van der Waals surface area contributed by atoms with Crippen LogP contribution in [0.1, 0.15) is 38.8 Å². The van der Waals surface area contributed by atoms with Crippen molar-refractivity contribution in [2.45, 2.75) is 33.5 Å². The van der Waals surface area contributed by atoms with Crippen molar-refractivity contribution in [2.24, 2.45) is 0 Å². The molecule has 13 heteroatoms. The predicted molar refractivity (Wildman–Crippen MR) is 110 cm³/mol. The maximum absolute atomic E-state index is 13.3. The molecule has 0 aliphatic carbocycles. The Kier molecular flexibility index (Phi) is 5.44. The minimum Gasteiger partial charge on any atom is -0.319 e. The summed E-state index contributed by atoms with van der Waals surface area (Å²) in [5.41, 5.74) is 1.02. The topological polar surface area (TPSA) is 112 Å². The highest BCUT2D eigenvalue weighted by molar-refractivity contribution is 9.10. The van der Waals surface area contributed by atoms with Crippen molar-refractivity contribution in [3.05, 3.63) is 56.8 Å². The van der Waals surface area contributed by atoms with Crippen molar-refractivity contribution >= 4 is 38.6 Å². The molecule has 0 atom stereocenters. The predicted octanol–water partition coefficient (Wildman–Crippen LogP) is 4.22. The second kappa shape index (κ2) is 7.97. The first-order valence-electron chi connectivity index (χ1n) is 9.21. The van der Waals surface area contributed by atoms with E-state index < -0.39 is 17.8 Å². The van der Waals surface area contributed by atoms with Crippen LogP contribution in [0.3, 0.4) is 0 Å². The standard InChI is InChI=1S/C19H15BrF3N7O2/c1-8-14(29-32-28-8)7-30-10(3)16(9(2)27-30)26-18(31)13-5-15(19(21,22)23)25-17-12(13)4-11(20)6-24-17/h4-6H,7H2,1-3H3,(H,26,31). The summed E-state index contributed by atoms with van der Waals surface area (Å²) in [6.07, 6.45) is -3.42. The first-order valence-corrected chi connectivity index (χ1v) is 10.0. The second-order valence-electron chi connectivity index (χ2n) is 7.03. The molecule has 4 aromatic rings. The van der Waals surface area contributed by atoms with E-state index in [1.807, 2.05) is 0 Å². The molecule has 0 aliphatic heterocycles. The fourth-order valence-electron chi connectivity index (χ4n) is 3.16. The van der Waals surface area contributed by atoms with E-state index >= 15 is 0 Å². The summed E-state index contributed by atoms with van der Waals surface area (Å²) in [6.45, 7) is 5.39. The average molecular weight is 510 g/mol. The van der Waals surface area contributed by atoms with Gasteiger partial charge in [0.1, 0.15) is 17.1 Å². The third-order valence-electron chi connectivity index (χ3n) is 4.83. The molecule has 32 heavy (non-hydrogen) atoms. The number of aromatic nitrogens is 6. The lowest BCUT2D eigenvalue weighted by molar-refractivity contribution is -0.141. The van der Waals surface area contributed by atoms with Gasteiger partial charge >= 0.3 is 6.18 Å². The second-order valence-corrected chi connectivity index (χ2v) is 7.95. The zero-order chi connectivity index (χ0) is 23.2. The van der Waals surface area contributed by atoms with Crippen molar-refractivity contribution in [1.82, 2.24) is 30.1 Å². The molecular formula is C19H15BrF3N7O2. The molecule has 0 spiro atoms. The molecular weight excluding hydrogens is 495 g/mol. The van der Waals surface area contributed by atoms with Crippen LogP contribution in [0.4, 0.5) is 18.9 Å². The van der Waals surface area contributed by atoms with Crippen LogP contribution in [0.15, 0.2) is 27.4 Å². The van der Waals surface area contributed by atoms with Crippen LogP contribution in [0.2, 0.25) is 0 Å². The molecule has 0 bridgehead atoms. The third kappa shape index (κ3) is 4.07. The zero-order valence-electron chi connectivity index (χ0n) is 17.0. The Morgan fingerprint density at radius 1 is 1.19 bits per heavy atom. The van der Waals surface area contributed by atoms with Crippen LogP contribution in [-0.4, -0.2) is 36.0 Å². The molecule has 4 rings (SSSR count). The van der Waals surface area contributed by atoms with Gasteiger partial charge in [-0.3, -0.25) is 9.48 Å². The molecule has 0 unspecified atom stereocenters. The Morgan fingerprint density at radius 2 is 1.94 bits per heavy atom. The number of aryl methyl sites for hydroxylation is 2. The van der Waals surface area contributed by atoms with E-state index in [2.05, 4.69) is 51.3 Å². The Labute approximate surface area is 187 Å². The molecule has 0 fully saturated rings. The number of rotatable bonds is 4. The summed E-state index contributed by atoms with van der Waals surface area (Å²) in [5, 5.41) is 14.8. The van der Waals surface area contributed by atoms with Crippen LogP contribution in [0.25, 0.3) is 11.0 Å². The average Bonchev–Trinajstić information content (AvgIpc) is 3.24. The molecule has 1 amide bonds. The number of halogens is 4. The number of alkyl halides is 3. The molecule has 0 saturated heterocycles. The van der Waals surface area contributed by atoms with Gasteiger partial charge in [0, 0.05) is 16.1 Å². The lowest BCUT2D eigenvalue weighted by Gasteiger charge is -2.12. The van der Waals surface area contributed by atoms with Gasteiger partial charge in [0.2, 0.25) is 0 Å². The van der Waals surface area contributed by atoms with Crippen LogP contribution in [0, 0.1) is 20.8 Å². The van der Waals surface area contributed by atoms with Crippen molar-refractivity contribution in [3.63, 3.8) is 0 Å². The zero-order valence-corrected chi connectivity index (χ0v) is 18.5. The van der Waals surface area contributed by atoms with E-state index in [-0.39, 0.29) is 23.1 Å². The largest absolute Gasteiger partial charge is 0.433 e. The van der Waals surface area contributed by atoms with E-state index in [1.165, 1.54) is 12.3 Å². The highest BCUT2D eigenvalue weighted by Crippen LogP contribution is 2.32. The molecule has 166 valence electrons. The molecule has 4 aromatic heterocycles. The minimum atomic E-state index is -4.74. The Morgan fingerprint density at radius 3 is 2.59 bits per heavy atom. The Hall–Kier alpha value is -3.35. The highest BCUT2D eigenvalue weighted by atomic mass is 79.9. The van der Waals surface area contributed by atoms with E-state index in [1.54, 1.807) is 25.5 Å². The molecule has 0 saturated carbocycles. The summed E-state index contributed by atoms with van der Waals surface area (Å²) in [4.78, 5) is 20.5. The first kappa shape index (κ1) is 21.9. The van der Waals surface area contributed by atoms with E-state index in [9.17, 15) is 18.0 Å². The number of hydrogen-bond acceptors (Lipinski definition) is 7. The Balaban J connectivity index is 1.73. The summed E-state index contributed by atoms with van der Waals surface area (Å²) < 4.78 is 46.8. The van der Waals surface area contributed by atoms with Gasteiger partial charge in [-0.25, -0.2) is 14.6 Å². The maximum atomic E-state index is 13.3. The first-order chi connectivity index (χ1) is 15.0. The van der Waals surface area contributed by atoms with Gasteiger partial charge in [0.25, 0.3) is 5.91 Å². The van der Waals surface area contributed by atoms with Crippen molar-refractivity contribution in [1.29, 1.82) is 0 Å². The Bertz CT molecular complexity index is 1350. The smallest absolute Gasteiger partial charge is 0.319 e. The lowest BCUT2D eigenvalue weighted by atomic mass is 10.1. The normalized spacial score (nSPS) is 11.8. The number of fused-ring (bicyclic) bond motifs is 1. The third-order valence-corrected chi connectivity index (χ3v) is 5.27. The van der Waals surface area contributed by atoms with Crippen molar-refractivity contribution in [2.75, 3.05) is 5.32 Å². The van der Waals surface area contributed by atoms with Gasteiger partial charge in [-0.2, -0.15) is 18.3 Å². The number of nitrogens with one attached hydrogen (secondary N) is 1. The highest BCUT2D eigenvalue weighted by Gasteiger charge is 2.34. The molecule has 9 nitrogen and oxygen atoms in total. The number of nitrogens with zero attached hydrogens (tertiary/aromatic N) is 6. The van der Waals surface area contributed by atoms with Crippen molar-refractivity contribution in [3.8, 4) is 0 Å². The van der Waals surface area contributed by atoms with Gasteiger partial charge in [-0.05, 0) is 48.8 Å². The number of carbonyl (C=O) groups excluding carboxylic acids is 1. The van der Waals surface area contributed by atoms with Gasteiger partial charge in [-0.15, -0.1) is 0 Å². The number of hydrogen-bond donors (Lipinski definition) is 1. The van der Waals surface area contributed by atoms with E-state index in [4.69, 9.17) is 0 Å². The minimum absolute atomic E-state index is 0.178. The maximum Gasteiger partial charge on any atom is 0.433 e. The molecule has 0 aliphatic rings. The van der Waals surface area contributed by atoms with E-state index in [0.717, 1.165) is 0 Å². The summed E-state index contributed by atoms with van der Waals surface area (Å²) in [7, 11) is 0. The summed E-state index contributed by atoms with van der Waals surface area (Å²) in [6, 6.07) is 2.21. The molecule has 0 radical (unpaired) electrons. The fraction of sp³-hybridized carbons (Fsp3) is 0.263. The monoisotopic (exact) mass is 509 g/mol. The van der Waals surface area contributed by atoms with Crippen molar-refractivity contribution < 1.29 is 22.6 Å². The van der Waals surface area contributed by atoms with Crippen LogP contribution >= 0.6 is 15.9 Å². The van der Waals surface area contributed by atoms with Crippen LogP contribution in [0.5, 0.6) is 0 Å². The number of carbonyl (C=O) groups is 1. The van der Waals surface area contributed by atoms with Gasteiger partial charge in [-0.1, -0.05) is 10.3 Å². The molecule has 4 heterocycles. The van der Waals surface area contributed by atoms with Gasteiger partial charge in [0.15, 0.2) is 5.65 Å². The van der Waals surface area contributed by atoms with Gasteiger partial charge in [0.05, 0.1) is 29.2 Å². The number of amides is 1. The summed E-state index contributed by atoms with van der Waals surface area (Å²) >= 11 is 3.22. The SMILES string of the molecule is Cc1nonc1Cn1nc(C)c(NC(=O)c2cc(C(F)(F)F)nc3ncc(Br)cc23)c1C. The number of anilines is 1. The van der Waals surface area contributed by atoms with E-state index in [0.29, 0.717) is 39.0 Å². The lowest BCUT2D eigenvalue weighted by Crippen LogP contribution is -2.17. The quantitative estimate of drug-likeness (QED) is 0.438. The van der Waals surface area contributed by atoms with Gasteiger partial charge < -0.3 is 5.32 Å². The molecule has 0 aromatic carbocycles. The number of pyridine rings is 2. The molecule has 1 N–H and O–H groups in total.